The van der Waals surface area contributed by atoms with Crippen LogP contribution in [0.4, 0.5) is 5.69 Å². The van der Waals surface area contributed by atoms with Crippen molar-refractivity contribution in [3.8, 4) is 0 Å². The lowest BCUT2D eigenvalue weighted by Gasteiger charge is -2.04. The zero-order valence-electron chi connectivity index (χ0n) is 7.79. The average Bonchev–Trinajstić information content (AvgIpc) is 2.16. The maximum absolute atomic E-state index is 11.4. The van der Waals surface area contributed by atoms with Gasteiger partial charge in [-0.25, -0.2) is 0 Å². The van der Waals surface area contributed by atoms with E-state index in [4.69, 9.17) is 0 Å². The maximum Gasteiger partial charge on any atom is 0.287 e. The minimum atomic E-state index is -0.496. The van der Waals surface area contributed by atoms with Gasteiger partial charge >= 0.3 is 0 Å². The second kappa shape index (κ2) is 4.85. The number of hydrogen-bond acceptors (Lipinski definition) is 3. The number of ketones is 1. The fourth-order valence-electron chi connectivity index (χ4n) is 1.27. The zero-order chi connectivity index (χ0) is 11.6. The van der Waals surface area contributed by atoms with Crippen molar-refractivity contribution in [3.63, 3.8) is 0 Å². The van der Waals surface area contributed by atoms with Gasteiger partial charge in [0, 0.05) is 11.1 Å². The molecule has 4 nitrogen and oxygen atoms in total. The van der Waals surface area contributed by atoms with Crippen molar-refractivity contribution in [2.24, 2.45) is 0 Å². The summed E-state index contributed by atoms with van der Waals surface area (Å²) in [6, 6.07) is 3.09. The Hall–Kier alpha value is -0.750. The number of Topliss-reactive ketones (excluding diaryl/α,β-unsaturated/α-hetero) is 1. The Morgan fingerprint density at radius 1 is 1.53 bits per heavy atom. The van der Waals surface area contributed by atoms with Crippen molar-refractivity contribution in [1.82, 2.24) is 0 Å². The molecule has 0 saturated heterocycles. The minimum absolute atomic E-state index is 0.0539. The lowest BCUT2D eigenvalue weighted by Crippen LogP contribution is -2.05. The van der Waals surface area contributed by atoms with E-state index in [2.05, 4.69) is 31.9 Å². The highest BCUT2D eigenvalue weighted by Crippen LogP contribution is 2.30. The van der Waals surface area contributed by atoms with E-state index in [1.165, 1.54) is 6.07 Å². The molecule has 80 valence electrons. The largest absolute Gasteiger partial charge is 0.293 e. The van der Waals surface area contributed by atoms with Crippen molar-refractivity contribution in [3.05, 3.63) is 37.8 Å². The number of carbonyl (C=O) groups excluding carboxylic acids is 1. The Kier molecular flexibility index (Phi) is 3.98. The molecule has 1 aromatic carbocycles. The van der Waals surface area contributed by atoms with Crippen molar-refractivity contribution < 1.29 is 9.72 Å². The smallest absolute Gasteiger partial charge is 0.287 e. The van der Waals surface area contributed by atoms with Crippen LogP contribution < -0.4 is 0 Å². The van der Waals surface area contributed by atoms with Gasteiger partial charge in [-0.2, -0.15) is 0 Å². The predicted molar refractivity (Wildman–Crippen MR) is 63.7 cm³/mol. The number of benzene rings is 1. The van der Waals surface area contributed by atoms with Gasteiger partial charge in [0.15, 0.2) is 5.78 Å². The van der Waals surface area contributed by atoms with Gasteiger partial charge in [0.2, 0.25) is 0 Å². The first kappa shape index (κ1) is 12.3. The number of hydrogen-bond donors (Lipinski definition) is 0. The molecule has 0 aliphatic carbocycles. The summed E-state index contributed by atoms with van der Waals surface area (Å²) in [6.07, 6.45) is 0. The van der Waals surface area contributed by atoms with Crippen molar-refractivity contribution in [2.45, 2.75) is 6.92 Å². The molecule has 0 N–H and O–H groups in total. The van der Waals surface area contributed by atoms with Crippen LogP contribution in [0.15, 0.2) is 16.6 Å². The Morgan fingerprint density at radius 2 is 2.13 bits per heavy atom. The third-order valence-corrected chi connectivity index (χ3v) is 3.14. The molecule has 0 radical (unpaired) electrons. The summed E-state index contributed by atoms with van der Waals surface area (Å²) in [6.45, 7) is 1.57. The van der Waals surface area contributed by atoms with Crippen LogP contribution in [0, 0.1) is 17.0 Å². The second-order valence-corrected chi connectivity index (χ2v) is 4.30. The van der Waals surface area contributed by atoms with Crippen LogP contribution in [-0.2, 0) is 0 Å². The molecule has 0 heterocycles. The first-order valence-electron chi connectivity index (χ1n) is 4.01. The Morgan fingerprint density at radius 3 is 2.60 bits per heavy atom. The number of nitrogens with zero attached hydrogens (tertiary/aromatic N) is 1. The maximum atomic E-state index is 11.4. The van der Waals surface area contributed by atoms with Crippen LogP contribution in [0.25, 0.3) is 0 Å². The molecule has 0 amide bonds. The highest BCUT2D eigenvalue weighted by Gasteiger charge is 2.21. The molecule has 0 atom stereocenters. The summed E-state index contributed by atoms with van der Waals surface area (Å²) < 4.78 is 0.385. The van der Waals surface area contributed by atoms with Gasteiger partial charge in [0.05, 0.1) is 14.7 Å². The van der Waals surface area contributed by atoms with E-state index in [1.807, 2.05) is 0 Å². The Bertz CT molecular complexity index is 432. The monoisotopic (exact) mass is 335 g/mol. The van der Waals surface area contributed by atoms with Gasteiger partial charge < -0.3 is 0 Å². The molecule has 0 aromatic heterocycles. The zero-order valence-corrected chi connectivity index (χ0v) is 11.0. The van der Waals surface area contributed by atoms with Crippen molar-refractivity contribution >= 4 is 43.3 Å². The summed E-state index contributed by atoms with van der Waals surface area (Å²) in [5, 5.41) is 10.9. The van der Waals surface area contributed by atoms with Gasteiger partial charge in [-0.05, 0) is 35.0 Å². The van der Waals surface area contributed by atoms with Crippen LogP contribution >= 0.6 is 31.9 Å². The van der Waals surface area contributed by atoms with Gasteiger partial charge in [-0.1, -0.05) is 15.9 Å². The molecular weight excluding hydrogens is 330 g/mol. The van der Waals surface area contributed by atoms with Crippen LogP contribution in [0.2, 0.25) is 0 Å². The minimum Gasteiger partial charge on any atom is -0.293 e. The highest BCUT2D eigenvalue weighted by molar-refractivity contribution is 9.10. The standard InChI is InChI=1S/C9H7Br2NO3/c1-5-6(8(13)4-10)2-3-7(11)9(5)12(14)15/h2-3H,4H2,1H3. The van der Waals surface area contributed by atoms with Crippen molar-refractivity contribution in [2.75, 3.05) is 5.33 Å². The number of nitro groups is 1. The molecule has 15 heavy (non-hydrogen) atoms. The van der Waals surface area contributed by atoms with E-state index in [9.17, 15) is 14.9 Å². The number of halogens is 2. The Balaban J connectivity index is 3.41. The molecule has 0 fully saturated rings. The Labute approximate surface area is 103 Å². The second-order valence-electron chi connectivity index (χ2n) is 2.88. The number of carbonyl (C=O) groups is 1. The van der Waals surface area contributed by atoms with Gasteiger partial charge in [-0.15, -0.1) is 0 Å². The van der Waals surface area contributed by atoms with Crippen LogP contribution in [-0.4, -0.2) is 16.0 Å². The van der Waals surface area contributed by atoms with E-state index >= 15 is 0 Å². The summed E-state index contributed by atoms with van der Waals surface area (Å²) >= 11 is 6.12. The first-order valence-corrected chi connectivity index (χ1v) is 5.93. The summed E-state index contributed by atoms with van der Waals surface area (Å²) in [7, 11) is 0. The number of nitro benzene ring substituents is 1. The topological polar surface area (TPSA) is 60.2 Å². The van der Waals surface area contributed by atoms with Gasteiger partial charge in [-0.3, -0.25) is 14.9 Å². The highest BCUT2D eigenvalue weighted by atomic mass is 79.9. The van der Waals surface area contributed by atoms with Crippen LogP contribution in [0.3, 0.4) is 0 Å². The molecule has 6 heteroatoms. The molecular formula is C9H7Br2NO3. The fourth-order valence-corrected chi connectivity index (χ4v) is 2.14. The molecule has 0 unspecified atom stereocenters. The van der Waals surface area contributed by atoms with Gasteiger partial charge in [0.25, 0.3) is 5.69 Å². The fraction of sp³-hybridized carbons (Fsp3) is 0.222. The summed E-state index contributed by atoms with van der Waals surface area (Å²) in [4.78, 5) is 21.7. The van der Waals surface area contributed by atoms with Crippen LogP contribution in [0.5, 0.6) is 0 Å². The third kappa shape index (κ3) is 2.43. The van der Waals surface area contributed by atoms with E-state index in [-0.39, 0.29) is 16.8 Å². The van der Waals surface area contributed by atoms with Gasteiger partial charge in [0.1, 0.15) is 0 Å². The summed E-state index contributed by atoms with van der Waals surface area (Å²) in [5.41, 5.74) is 0.711. The number of rotatable bonds is 3. The van der Waals surface area contributed by atoms with E-state index < -0.39 is 4.92 Å². The molecule has 0 aliphatic rings. The number of alkyl halides is 1. The average molecular weight is 337 g/mol. The normalized spacial score (nSPS) is 10.1. The third-order valence-electron chi connectivity index (χ3n) is 1.99. The molecule has 0 bridgehead atoms. The predicted octanol–water partition coefficient (Wildman–Crippen LogP) is 3.24. The lowest BCUT2D eigenvalue weighted by atomic mass is 10.0. The quantitative estimate of drug-likeness (QED) is 0.368. The van der Waals surface area contributed by atoms with E-state index in [1.54, 1.807) is 13.0 Å². The first-order chi connectivity index (χ1) is 6.99. The molecule has 1 aromatic rings. The lowest BCUT2D eigenvalue weighted by molar-refractivity contribution is -0.386. The summed E-state index contributed by atoms with van der Waals surface area (Å²) in [5.74, 6) is -0.164. The molecule has 0 saturated carbocycles. The van der Waals surface area contributed by atoms with E-state index in [0.29, 0.717) is 15.6 Å². The van der Waals surface area contributed by atoms with Crippen molar-refractivity contribution in [1.29, 1.82) is 0 Å². The van der Waals surface area contributed by atoms with Crippen LogP contribution in [0.1, 0.15) is 15.9 Å². The molecule has 0 aliphatic heterocycles. The molecule has 1 rings (SSSR count). The molecule has 0 spiro atoms. The SMILES string of the molecule is Cc1c(C(=O)CBr)ccc(Br)c1[N+](=O)[O-]. The van der Waals surface area contributed by atoms with E-state index in [0.717, 1.165) is 0 Å².